The van der Waals surface area contributed by atoms with Gasteiger partial charge in [0, 0.05) is 167 Å². The lowest BCUT2D eigenvalue weighted by atomic mass is 9.93. The Morgan fingerprint density at radius 2 is 0.602 bits per heavy atom. The highest BCUT2D eigenvalue weighted by molar-refractivity contribution is 8.14. The van der Waals surface area contributed by atoms with Gasteiger partial charge >= 0.3 is 0 Å². The third-order valence-corrected chi connectivity index (χ3v) is 18.8. The third kappa shape index (κ3) is 22.3. The van der Waals surface area contributed by atoms with Gasteiger partial charge < -0.3 is 44.3 Å². The molecule has 544 valence electrons. The van der Waals surface area contributed by atoms with Gasteiger partial charge in [0.05, 0.1) is 40.7 Å². The quantitative estimate of drug-likeness (QED) is 0.0738. The highest BCUT2D eigenvalue weighted by atomic mass is 35.7. The molecule has 0 saturated heterocycles. The second kappa shape index (κ2) is 34.6. The van der Waals surface area contributed by atoms with Crippen LogP contribution >= 0.6 is 53.4 Å². The van der Waals surface area contributed by atoms with Crippen molar-refractivity contribution in [3.05, 3.63) is 249 Å². The SMILES string of the molecule is CS(=O)(=O)Cl.CS(=O)(=O)Cl.CS(=O)(=O)Cl.Cc1cccc(C)c1Nc1ccc2c(-c3ccccc3S(=O)(=O)Cl)c3ccc(=[N+](C)c4c(C)cccc4C)cc-3oc2c1.Cc1cccc(C)c1Nc1ccc2c(-c3ccccc3S(=O)(=O)Cl)c3ccc(=[N+](C)c4c(C)cccc4C)cc-3oc2c1.[Cl-].[Cl-]. The molecule has 0 aromatic heterocycles. The van der Waals surface area contributed by atoms with Gasteiger partial charge in [0.2, 0.25) is 49.2 Å². The van der Waals surface area contributed by atoms with Gasteiger partial charge in [-0.25, -0.2) is 42.1 Å². The average Bonchev–Trinajstić information content (AvgIpc) is 0.747. The number of anilines is 4. The highest BCUT2D eigenvalue weighted by Crippen LogP contribution is 2.46. The smallest absolute Gasteiger partial charge is 0.261 e. The van der Waals surface area contributed by atoms with Crippen molar-refractivity contribution >= 4 is 155 Å². The molecule has 16 nitrogen and oxygen atoms in total. The predicted octanol–water partition coefficient (Wildman–Crippen LogP) is 12.2. The zero-order valence-corrected chi connectivity index (χ0v) is 67.3. The van der Waals surface area contributed by atoms with Crippen molar-refractivity contribution in [2.75, 3.05) is 43.5 Å². The highest BCUT2D eigenvalue weighted by Gasteiger charge is 2.27. The fourth-order valence-electron chi connectivity index (χ4n) is 11.9. The summed E-state index contributed by atoms with van der Waals surface area (Å²) in [5.74, 6) is 1.26. The van der Waals surface area contributed by atoms with E-state index >= 15 is 0 Å². The molecule has 2 N–H and O–H groups in total. The minimum absolute atomic E-state index is 0. The van der Waals surface area contributed by atoms with Gasteiger partial charge in [-0.2, -0.15) is 9.15 Å². The summed E-state index contributed by atoms with van der Waals surface area (Å²) >= 11 is 0. The molecule has 28 heteroatoms. The Bertz CT molecular complexity index is 5400. The number of hydrogen-bond acceptors (Lipinski definition) is 14. The number of benzene rings is 10. The number of hydrogen-bond donors (Lipinski definition) is 2. The van der Waals surface area contributed by atoms with Crippen LogP contribution in [0.3, 0.4) is 0 Å². The average molecular weight is 1630 g/mol. The van der Waals surface area contributed by atoms with Crippen LogP contribution in [0.25, 0.3) is 66.8 Å². The molecule has 2 aliphatic heterocycles. The molecule has 0 spiro atoms. The largest absolute Gasteiger partial charge is 1.00 e. The van der Waals surface area contributed by atoms with Crippen LogP contribution in [0.15, 0.2) is 213 Å². The lowest BCUT2D eigenvalue weighted by Crippen LogP contribution is -3.00. The van der Waals surface area contributed by atoms with Crippen molar-refractivity contribution in [2.24, 2.45) is 0 Å². The Hall–Kier alpha value is -7.48. The van der Waals surface area contributed by atoms with Crippen molar-refractivity contribution < 1.29 is 75.7 Å². The molecule has 0 saturated carbocycles. The molecule has 0 fully saturated rings. The van der Waals surface area contributed by atoms with Crippen LogP contribution in [0.1, 0.15) is 44.5 Å². The van der Waals surface area contributed by atoms with Gasteiger partial charge in [-0.15, -0.1) is 0 Å². The minimum Gasteiger partial charge on any atom is -1.00 e. The molecule has 12 rings (SSSR count). The summed E-state index contributed by atoms with van der Waals surface area (Å²) in [7, 11) is 11.9. The Balaban J connectivity index is 0.000000266. The van der Waals surface area contributed by atoms with Crippen molar-refractivity contribution in [1.82, 2.24) is 9.15 Å². The standard InChI is InChI=1S/2C36H31ClN2O3S.3CH3ClO2S.2ClH/c2*1-22-10-8-11-23(2)35(22)38-26-16-18-28-31(20-26)42-32-21-27(39(5)36-24(3)12-9-13-25(36)4)17-19-29(32)34(28)30-14-6-7-15-33(30)43(37,40)41;3*1-5(2,3)4;;/h2*6-21H,1-5H3;3*1H3;2*1H. The predicted molar refractivity (Wildman–Crippen MR) is 417 cm³/mol. The van der Waals surface area contributed by atoms with E-state index in [0.29, 0.717) is 33.8 Å². The van der Waals surface area contributed by atoms with E-state index in [4.69, 9.17) is 30.2 Å². The normalized spacial score (nSPS) is 12.1. The van der Waals surface area contributed by atoms with E-state index in [1.165, 1.54) is 22.3 Å². The summed E-state index contributed by atoms with van der Waals surface area (Å²) in [6, 6.07) is 62.5. The molecule has 0 unspecified atom stereocenters. The van der Waals surface area contributed by atoms with Gasteiger partial charge in [0.15, 0.2) is 0 Å². The Morgan fingerprint density at radius 3 is 0.883 bits per heavy atom. The molecule has 2 heterocycles. The number of halogens is 7. The van der Waals surface area contributed by atoms with E-state index in [1.54, 1.807) is 36.4 Å². The van der Waals surface area contributed by atoms with Crippen LogP contribution in [-0.4, -0.2) is 75.0 Å². The topological polar surface area (TPSA) is 227 Å². The number of para-hydroxylation sites is 4. The summed E-state index contributed by atoms with van der Waals surface area (Å²) < 4.78 is 125. The summed E-state index contributed by atoms with van der Waals surface area (Å²) in [5.41, 5.74) is 20.6. The molecule has 0 atom stereocenters. The van der Waals surface area contributed by atoms with E-state index in [0.717, 1.165) is 119 Å². The fraction of sp³-hybridized carbons (Fsp3) is 0.173. The summed E-state index contributed by atoms with van der Waals surface area (Å²) in [4.78, 5) is 0.111. The van der Waals surface area contributed by atoms with Crippen LogP contribution in [-0.2, 0) is 45.3 Å². The van der Waals surface area contributed by atoms with Crippen LogP contribution in [0, 0.1) is 55.4 Å². The molecule has 103 heavy (non-hydrogen) atoms. The Labute approximate surface area is 636 Å². The lowest BCUT2D eigenvalue weighted by molar-refractivity contribution is -0.001000. The summed E-state index contributed by atoms with van der Waals surface area (Å²) in [6.07, 6.45) is 2.78. The van der Waals surface area contributed by atoms with E-state index in [9.17, 15) is 42.1 Å². The van der Waals surface area contributed by atoms with Crippen molar-refractivity contribution in [1.29, 1.82) is 0 Å². The number of aryl methyl sites for hydroxylation is 8. The molecule has 8 aromatic carbocycles. The fourth-order valence-corrected chi connectivity index (χ4v) is 14.1. The minimum atomic E-state index is -4.02. The molecule has 0 amide bonds. The van der Waals surface area contributed by atoms with E-state index in [1.807, 2.05) is 111 Å². The van der Waals surface area contributed by atoms with E-state index in [-0.39, 0.29) is 34.6 Å². The molecule has 4 aliphatic rings. The van der Waals surface area contributed by atoms with Crippen molar-refractivity contribution in [3.63, 3.8) is 0 Å². The first-order valence-corrected chi connectivity index (χ1v) is 43.5. The van der Waals surface area contributed by atoms with Gasteiger partial charge in [0.1, 0.15) is 36.8 Å². The molecule has 0 radical (unpaired) electrons. The number of fused-ring (bicyclic) bond motifs is 4. The maximum Gasteiger partial charge on any atom is 0.261 e. The maximum absolute atomic E-state index is 12.7. The summed E-state index contributed by atoms with van der Waals surface area (Å²) in [6.45, 7) is 16.7. The van der Waals surface area contributed by atoms with Crippen LogP contribution < -0.4 is 55.3 Å². The Morgan fingerprint density at radius 1 is 0.330 bits per heavy atom. The van der Waals surface area contributed by atoms with Crippen LogP contribution in [0.2, 0.25) is 0 Å². The zero-order valence-electron chi connectivity index (χ0n) is 58.0. The molecular weight excluding hydrogens is 1560 g/mol. The second-order valence-corrected chi connectivity index (χ2v) is 38.2. The number of nitrogens with one attached hydrogen (secondary N) is 2. The zero-order chi connectivity index (χ0) is 74.4. The van der Waals surface area contributed by atoms with Crippen molar-refractivity contribution in [2.45, 2.75) is 65.2 Å². The first-order valence-electron chi connectivity index (χ1n) is 30.8. The molecule has 8 aromatic rings. The summed E-state index contributed by atoms with van der Waals surface area (Å²) in [5, 5.41) is 10.6. The molecular formula is C75H73Cl7N4O12S5. The van der Waals surface area contributed by atoms with Crippen LogP contribution in [0.5, 0.6) is 0 Å². The maximum atomic E-state index is 12.7. The first-order chi connectivity index (χ1) is 47.0. The third-order valence-electron chi connectivity index (χ3n) is 16.1. The number of rotatable bonds is 10. The monoisotopic (exact) mass is 1630 g/mol. The lowest BCUT2D eigenvalue weighted by Gasteiger charge is -2.18. The van der Waals surface area contributed by atoms with Gasteiger partial charge in [-0.3, -0.25) is 0 Å². The second-order valence-electron chi connectivity index (χ2n) is 24.0. The Kier molecular flexibility index (Phi) is 28.4. The van der Waals surface area contributed by atoms with E-state index < -0.39 is 45.3 Å². The first kappa shape index (κ1) is 84.5. The van der Waals surface area contributed by atoms with Crippen molar-refractivity contribution in [3.8, 4) is 44.9 Å². The van der Waals surface area contributed by atoms with Gasteiger partial charge in [-0.1, -0.05) is 109 Å². The number of nitrogens with zero attached hydrogens (tertiary/aromatic N) is 2. The molecule has 2 aliphatic carbocycles. The van der Waals surface area contributed by atoms with E-state index in [2.05, 4.69) is 168 Å². The van der Waals surface area contributed by atoms with Gasteiger partial charge in [-0.05, 0) is 126 Å². The van der Waals surface area contributed by atoms with Crippen LogP contribution in [0.4, 0.5) is 34.1 Å². The molecule has 0 bridgehead atoms. The van der Waals surface area contributed by atoms with Gasteiger partial charge in [0.25, 0.3) is 18.1 Å².